The highest BCUT2D eigenvalue weighted by Crippen LogP contribution is 2.41. The first-order chi connectivity index (χ1) is 36.4. The molecular formula is C69H46N4Si. The first-order valence-corrected chi connectivity index (χ1v) is 28.5. The Morgan fingerprint density at radius 3 is 1.31 bits per heavy atom. The van der Waals surface area contributed by atoms with Crippen LogP contribution in [0.3, 0.4) is 0 Å². The molecule has 0 bridgehead atoms. The highest BCUT2D eigenvalue weighted by Gasteiger charge is 2.37. The smallest absolute Gasteiger partial charge is 0.165 e. The molecule has 0 fully saturated rings. The van der Waals surface area contributed by atoms with E-state index in [4.69, 9.17) is 15.0 Å². The number of rotatable bonds is 6. The molecule has 0 unspecified atom stereocenters. The van der Waals surface area contributed by atoms with Crippen molar-refractivity contribution in [1.29, 1.82) is 0 Å². The molecule has 0 atom stereocenters. The van der Waals surface area contributed by atoms with Gasteiger partial charge in [-0.1, -0.05) is 213 Å². The Morgan fingerprint density at radius 2 is 0.716 bits per heavy atom. The van der Waals surface area contributed by atoms with Crippen molar-refractivity contribution in [1.82, 2.24) is 19.5 Å². The van der Waals surface area contributed by atoms with Crippen LogP contribution in [-0.2, 0) is 0 Å². The molecule has 0 N–H and O–H groups in total. The maximum absolute atomic E-state index is 5.46. The average molecular weight is 959 g/mol. The van der Waals surface area contributed by atoms with Crippen LogP contribution in [0, 0.1) is 0 Å². The SMILES string of the molecule is C[Si]1(C)c2ccccc2-c2ccc(-c3ccc(-n4c5ccccc5c5cc(-c6ccc(-c7nc(-c8c9ccccc9cc9ccccc89)nc(-c8c9ccccc9cc9ccccc89)n7)cc6)ccc54)cc3)cc21. The Bertz CT molecular complexity index is 4380. The molecule has 2 aromatic heterocycles. The molecule has 1 aliphatic heterocycles. The molecule has 0 spiro atoms. The van der Waals surface area contributed by atoms with Crippen LogP contribution in [0.5, 0.6) is 0 Å². The van der Waals surface area contributed by atoms with Gasteiger partial charge in [-0.05, 0) is 129 Å². The Balaban J connectivity index is 0.828. The molecule has 12 aromatic carbocycles. The molecule has 15 rings (SSSR count). The summed E-state index contributed by atoms with van der Waals surface area (Å²) in [7, 11) is -1.78. The zero-order chi connectivity index (χ0) is 49.1. The Labute approximate surface area is 429 Å². The second-order valence-electron chi connectivity index (χ2n) is 20.3. The normalized spacial score (nSPS) is 12.8. The number of hydrogen-bond donors (Lipinski definition) is 0. The van der Waals surface area contributed by atoms with Crippen LogP contribution in [-0.4, -0.2) is 27.6 Å². The Kier molecular flexibility index (Phi) is 9.38. The fraction of sp³-hybridized carbons (Fsp3) is 0.0290. The molecule has 14 aromatic rings. The summed E-state index contributed by atoms with van der Waals surface area (Å²) >= 11 is 0. The lowest BCUT2D eigenvalue weighted by atomic mass is 9.95. The van der Waals surface area contributed by atoms with Crippen LogP contribution in [0.1, 0.15) is 0 Å². The largest absolute Gasteiger partial charge is 0.309 e. The van der Waals surface area contributed by atoms with Crippen molar-refractivity contribution in [2.24, 2.45) is 0 Å². The fourth-order valence-electron chi connectivity index (χ4n) is 12.2. The molecule has 4 nitrogen and oxygen atoms in total. The number of benzene rings is 12. The first-order valence-electron chi connectivity index (χ1n) is 25.5. The van der Waals surface area contributed by atoms with Crippen LogP contribution in [0.2, 0.25) is 13.1 Å². The van der Waals surface area contributed by atoms with Gasteiger partial charge in [0, 0.05) is 33.2 Å². The molecular weight excluding hydrogens is 913 g/mol. The van der Waals surface area contributed by atoms with E-state index >= 15 is 0 Å². The average Bonchev–Trinajstić information content (AvgIpc) is 3.93. The first kappa shape index (κ1) is 42.4. The van der Waals surface area contributed by atoms with E-state index in [0.717, 1.165) is 76.6 Å². The second kappa shape index (κ2) is 16.4. The van der Waals surface area contributed by atoms with Gasteiger partial charge in [0.05, 0.1) is 11.0 Å². The summed E-state index contributed by atoms with van der Waals surface area (Å²) in [5.41, 5.74) is 14.0. The summed E-state index contributed by atoms with van der Waals surface area (Å²) in [6, 6.07) is 88.4. The number of fused-ring (bicyclic) bond motifs is 10. The summed E-state index contributed by atoms with van der Waals surface area (Å²) in [4.78, 5) is 16.3. The van der Waals surface area contributed by atoms with Gasteiger partial charge in [0.15, 0.2) is 17.5 Å². The van der Waals surface area contributed by atoms with Crippen LogP contribution in [0.4, 0.5) is 0 Å². The standard InChI is InChI=1S/C69H46N4Si/c1-74(2)63-26-14-12-24-58(63)59-37-33-47(42-64(59)74)44-31-35-52(36-32-44)73-61-25-13-11-23-57(61)60-41-46(34-38-62(60)73)43-27-29-45(30-28-43)67-70-68(65-53-19-7-3-15-48(53)39-49-16-4-8-20-54(49)65)72-69(71-67)66-55-21-9-5-17-50(55)40-51-18-6-10-22-56(51)66/h3-42H,1-2H3. The van der Waals surface area contributed by atoms with Crippen molar-refractivity contribution >= 4 is 83.3 Å². The van der Waals surface area contributed by atoms with Crippen molar-refractivity contribution in [3.8, 4) is 73.2 Å². The van der Waals surface area contributed by atoms with Crippen LogP contribution < -0.4 is 10.4 Å². The van der Waals surface area contributed by atoms with Gasteiger partial charge < -0.3 is 4.57 Å². The summed E-state index contributed by atoms with van der Waals surface area (Å²) in [6.45, 7) is 4.97. The molecule has 0 aliphatic carbocycles. The minimum absolute atomic E-state index is 0.627. The minimum Gasteiger partial charge on any atom is -0.309 e. The van der Waals surface area contributed by atoms with E-state index in [1.165, 1.54) is 54.4 Å². The number of nitrogens with zero attached hydrogens (tertiary/aromatic N) is 4. The lowest BCUT2D eigenvalue weighted by molar-refractivity contribution is 1.08. The Hall–Kier alpha value is -9.29. The zero-order valence-electron chi connectivity index (χ0n) is 40.9. The molecule has 0 saturated carbocycles. The van der Waals surface area contributed by atoms with Crippen molar-refractivity contribution in [2.45, 2.75) is 13.1 Å². The zero-order valence-corrected chi connectivity index (χ0v) is 41.9. The highest BCUT2D eigenvalue weighted by atomic mass is 28.3. The van der Waals surface area contributed by atoms with E-state index in [1.54, 1.807) is 0 Å². The lowest BCUT2D eigenvalue weighted by Crippen LogP contribution is -2.49. The lowest BCUT2D eigenvalue weighted by Gasteiger charge is -2.19. The molecule has 0 radical (unpaired) electrons. The quantitative estimate of drug-likeness (QED) is 0.123. The monoisotopic (exact) mass is 958 g/mol. The fourth-order valence-corrected chi connectivity index (χ4v) is 15.3. The van der Waals surface area contributed by atoms with Crippen LogP contribution in [0.15, 0.2) is 243 Å². The molecule has 0 saturated heterocycles. The molecule has 0 amide bonds. The van der Waals surface area contributed by atoms with Crippen molar-refractivity contribution < 1.29 is 0 Å². The van der Waals surface area contributed by atoms with Crippen LogP contribution in [0.25, 0.3) is 138 Å². The van der Waals surface area contributed by atoms with Crippen molar-refractivity contribution in [3.05, 3.63) is 243 Å². The van der Waals surface area contributed by atoms with E-state index in [-0.39, 0.29) is 0 Å². The highest BCUT2D eigenvalue weighted by molar-refractivity contribution is 7.03. The number of aromatic nitrogens is 4. The summed E-state index contributed by atoms with van der Waals surface area (Å²) in [6.07, 6.45) is 0. The minimum atomic E-state index is -1.78. The number of hydrogen-bond acceptors (Lipinski definition) is 3. The number of para-hydroxylation sites is 1. The van der Waals surface area contributed by atoms with Gasteiger partial charge in [0.25, 0.3) is 0 Å². The van der Waals surface area contributed by atoms with Gasteiger partial charge in [-0.3, -0.25) is 0 Å². The van der Waals surface area contributed by atoms with Gasteiger partial charge >= 0.3 is 0 Å². The van der Waals surface area contributed by atoms with Crippen LogP contribution >= 0.6 is 0 Å². The predicted octanol–water partition coefficient (Wildman–Crippen LogP) is 16.7. The van der Waals surface area contributed by atoms with E-state index in [2.05, 4.69) is 260 Å². The van der Waals surface area contributed by atoms with E-state index < -0.39 is 8.07 Å². The van der Waals surface area contributed by atoms with Gasteiger partial charge in [-0.2, -0.15) is 0 Å². The maximum atomic E-state index is 5.46. The molecule has 1 aliphatic rings. The Morgan fingerprint density at radius 1 is 0.297 bits per heavy atom. The molecule has 5 heteroatoms. The van der Waals surface area contributed by atoms with Gasteiger partial charge in [-0.15, -0.1) is 0 Å². The molecule has 74 heavy (non-hydrogen) atoms. The third kappa shape index (κ3) is 6.57. The van der Waals surface area contributed by atoms with Gasteiger partial charge in [-0.25, -0.2) is 15.0 Å². The second-order valence-corrected chi connectivity index (χ2v) is 24.7. The molecule has 346 valence electrons. The van der Waals surface area contributed by atoms with E-state index in [0.29, 0.717) is 17.5 Å². The van der Waals surface area contributed by atoms with Gasteiger partial charge in [0.2, 0.25) is 0 Å². The topological polar surface area (TPSA) is 43.6 Å². The third-order valence-corrected chi connectivity index (χ3v) is 19.4. The van der Waals surface area contributed by atoms with E-state index in [1.807, 2.05) is 0 Å². The van der Waals surface area contributed by atoms with Gasteiger partial charge in [0.1, 0.15) is 8.07 Å². The maximum Gasteiger partial charge on any atom is 0.165 e. The summed E-state index contributed by atoms with van der Waals surface area (Å²) < 4.78 is 2.41. The van der Waals surface area contributed by atoms with Crippen molar-refractivity contribution in [2.75, 3.05) is 0 Å². The summed E-state index contributed by atoms with van der Waals surface area (Å²) in [5.74, 6) is 1.92. The summed E-state index contributed by atoms with van der Waals surface area (Å²) in [5, 5.41) is 14.5. The third-order valence-electron chi connectivity index (χ3n) is 15.8. The predicted molar refractivity (Wildman–Crippen MR) is 314 cm³/mol. The van der Waals surface area contributed by atoms with E-state index in [9.17, 15) is 0 Å². The van der Waals surface area contributed by atoms with Crippen molar-refractivity contribution in [3.63, 3.8) is 0 Å². The molecule has 3 heterocycles.